The maximum atomic E-state index is 11.9. The topological polar surface area (TPSA) is 524 Å². The maximum Gasteiger partial charge on any atom is 0.411 e. The Hall–Kier alpha value is -13.9. The Morgan fingerprint density at radius 3 is 1.07 bits per heavy atom. The molecule has 0 aromatic heterocycles. The van der Waals surface area contributed by atoms with Gasteiger partial charge in [-0.3, -0.25) is 44.2 Å². The molecule has 0 radical (unpaired) electrons. The lowest BCUT2D eigenvalue weighted by molar-refractivity contribution is -0.156. The van der Waals surface area contributed by atoms with Gasteiger partial charge in [-0.1, -0.05) is 166 Å². The Kier molecular flexibility index (Phi) is 73.9. The molecule has 0 heterocycles. The number of aliphatic hydroxyl groups excluding tert-OH is 2. The minimum atomic E-state index is -1.11. The minimum absolute atomic E-state index is 0.00550. The van der Waals surface area contributed by atoms with Crippen molar-refractivity contribution in [3.8, 4) is 11.5 Å². The lowest BCUT2D eigenvalue weighted by Crippen LogP contribution is -2.32. The van der Waals surface area contributed by atoms with Gasteiger partial charge >= 0.3 is 102 Å². The number of hydrogen-bond acceptors (Lipinski definition) is 36. The third-order valence-corrected chi connectivity index (χ3v) is 19.5. The SMILES string of the molecule is C=CC(=O)OCC(O)COC(=O)C(C)CC.C=CC(=O)OCC(O)COC(=O)CCOC(=O)C(C)CC.C=CC(=O)OCCOC(=O)CCOC(=O)C(C)CC.C=CC(=O)OCCOC(=O)NCCOC(=O)C(C)(C)CC.C=CC(=O)OCCOC(=O)Nc1cc(NC(=O)OCCOC(=O)C(C)(C)CC)ccc1C.C=CC(=O)Oc1ccc(C(C)(C)CC)cc1.C=CC(=O)Oc1ccc(C(C)CC)cc1. The Bertz CT molecular complexity index is 4360. The molecule has 6 unspecified atom stereocenters. The van der Waals surface area contributed by atoms with Crippen molar-refractivity contribution in [1.82, 2.24) is 5.32 Å². The number of benzene rings is 3. The van der Waals surface area contributed by atoms with Crippen LogP contribution in [0.5, 0.6) is 11.5 Å². The van der Waals surface area contributed by atoms with Gasteiger partial charge < -0.3 is 96.1 Å². The first-order valence-corrected chi connectivity index (χ1v) is 45.3. The van der Waals surface area contributed by atoms with E-state index in [0.29, 0.717) is 60.9 Å². The van der Waals surface area contributed by atoms with Crippen LogP contribution in [0.25, 0.3) is 0 Å². The highest BCUT2D eigenvalue weighted by Gasteiger charge is 2.29. The fraction of sp³-hybridized carbons (Fsp3) is 0.515. The summed E-state index contributed by atoms with van der Waals surface area (Å²) in [5.41, 5.74) is 3.04. The normalized spacial score (nSPS) is 11.5. The molecule has 6 atom stereocenters. The highest BCUT2D eigenvalue weighted by molar-refractivity contribution is 5.90. The molecule has 782 valence electrons. The lowest BCUT2D eigenvalue weighted by Gasteiger charge is -2.23. The Balaban J connectivity index is -0.000000783. The highest BCUT2D eigenvalue weighted by Crippen LogP contribution is 2.29. The lowest BCUT2D eigenvalue weighted by atomic mass is 9.82. The number of alkyl carbamates (subject to hydrolysis) is 1. The van der Waals surface area contributed by atoms with Crippen LogP contribution < -0.4 is 25.4 Å². The molecule has 0 aliphatic rings. The molecule has 0 aliphatic carbocycles. The summed E-state index contributed by atoms with van der Waals surface area (Å²) in [6.07, 6.45) is 8.45. The number of aryl methyl sites for hydroxylation is 1. The monoisotopic (exact) mass is 1980 g/mol. The van der Waals surface area contributed by atoms with E-state index in [4.69, 9.17) is 61.6 Å². The molecule has 3 aromatic rings. The van der Waals surface area contributed by atoms with Gasteiger partial charge in [0.05, 0.1) is 48.0 Å². The molecule has 140 heavy (non-hydrogen) atoms. The highest BCUT2D eigenvalue weighted by atomic mass is 16.6. The molecule has 0 saturated carbocycles. The number of carbonyl (C=O) groups excluding carboxylic acids is 17. The number of rotatable bonds is 54. The number of esters is 14. The third kappa shape index (κ3) is 67.4. The van der Waals surface area contributed by atoms with E-state index in [1.165, 1.54) is 17.2 Å². The quantitative estimate of drug-likeness (QED) is 0.0115. The van der Waals surface area contributed by atoms with Gasteiger partial charge in [0, 0.05) is 53.9 Å². The largest absolute Gasteiger partial charge is 0.465 e. The molecule has 0 aliphatic heterocycles. The number of aliphatic hydroxyl groups is 2. The van der Waals surface area contributed by atoms with Crippen molar-refractivity contribution in [1.29, 1.82) is 0 Å². The number of ether oxygens (including phenoxy) is 17. The van der Waals surface area contributed by atoms with Gasteiger partial charge in [0.25, 0.3) is 0 Å². The summed E-state index contributed by atoms with van der Waals surface area (Å²) in [6, 6.07) is 20.1. The standard InChI is InChI=1S/C22H30N2O8.C14H23NO6.C14H22O7.C14H18O2.C13H20O6.C13H16O2.C11H18O5/c1-6-18(25)29-10-12-32-21(28)24-17-14-16(9-8-15(17)3)23-20(27)31-13-11-30-19(26)22(4,5)7-2;1-5-11(16)19-9-10-21-13(18)15-7-8-20-12(17)14(3,4)6-2;1-4-10(3)14(18)19-7-6-13(17)21-9-11(15)8-20-12(16)5-2;1-5-13(15)16-12-9-7-11(8-10-12)14(3,4)6-2;1-4-10(3)13(16)19-7-6-12(15)18-9-8-17-11(14)5-2;1-4-10(3)11-6-8-12(9-7-11)15-13(14)5-2;1-4-8(3)11(14)16-7-9(12)6-15-10(13)5-2/h6,8-9,14H,1,7,10-13H2,2-5H3,(H,23,27)(H,24,28);5H,1,6-10H2,2-4H3,(H,15,18);5,10-11,15H,2,4,6-9H2,1,3H3;5,7-10H,1,6H2,2-4H3;5,10H,2,4,6-9H2,1,3H3;5-10H,2,4H2,1,3H3;5,8-9,12H,2,4,6-7H2,1,3H3. The Morgan fingerprint density at radius 2 is 0.686 bits per heavy atom. The van der Waals surface area contributed by atoms with Crippen molar-refractivity contribution in [2.24, 2.45) is 28.6 Å². The second kappa shape index (κ2) is 78.1. The van der Waals surface area contributed by atoms with Gasteiger partial charge in [-0.05, 0) is 144 Å². The second-order valence-corrected chi connectivity index (χ2v) is 31.6. The van der Waals surface area contributed by atoms with Crippen LogP contribution in [0.15, 0.2) is 155 Å². The summed E-state index contributed by atoms with van der Waals surface area (Å²) < 4.78 is 81.9. The van der Waals surface area contributed by atoms with Gasteiger partial charge in [0.1, 0.15) is 123 Å². The molecule has 5 N–H and O–H groups in total. The summed E-state index contributed by atoms with van der Waals surface area (Å²) >= 11 is 0. The maximum absolute atomic E-state index is 11.9. The predicted molar refractivity (Wildman–Crippen MR) is 517 cm³/mol. The molecule has 39 nitrogen and oxygen atoms in total. The van der Waals surface area contributed by atoms with Gasteiger partial charge in [-0.2, -0.15) is 0 Å². The van der Waals surface area contributed by atoms with Crippen LogP contribution in [0.4, 0.5) is 25.8 Å². The van der Waals surface area contributed by atoms with E-state index in [1.54, 1.807) is 67.5 Å². The van der Waals surface area contributed by atoms with Crippen LogP contribution in [-0.2, 0) is 144 Å². The minimum Gasteiger partial charge on any atom is -0.465 e. The zero-order valence-electron chi connectivity index (χ0n) is 84.3. The molecule has 0 spiro atoms. The van der Waals surface area contributed by atoms with E-state index >= 15 is 0 Å². The third-order valence-electron chi connectivity index (χ3n) is 19.5. The van der Waals surface area contributed by atoms with Crippen LogP contribution in [-0.4, -0.2) is 230 Å². The molecule has 3 aromatic carbocycles. The van der Waals surface area contributed by atoms with Crippen LogP contribution in [0.3, 0.4) is 0 Å². The first-order chi connectivity index (χ1) is 66.0. The molecule has 0 fully saturated rings. The fourth-order valence-corrected chi connectivity index (χ4v) is 8.53. The van der Waals surface area contributed by atoms with Crippen LogP contribution in [0.1, 0.15) is 198 Å². The van der Waals surface area contributed by atoms with Crippen molar-refractivity contribution in [2.75, 3.05) is 116 Å². The Morgan fingerprint density at radius 1 is 0.350 bits per heavy atom. The zero-order valence-corrected chi connectivity index (χ0v) is 84.3. The van der Waals surface area contributed by atoms with Crippen LogP contribution in [0, 0.1) is 35.5 Å². The molecular weight excluding hydrogens is 1830 g/mol. The van der Waals surface area contributed by atoms with Gasteiger partial charge in [0.2, 0.25) is 0 Å². The van der Waals surface area contributed by atoms with Crippen molar-refractivity contribution < 1.29 is 172 Å². The molecule has 3 amide bonds. The number of carbonyl (C=O) groups is 17. The van der Waals surface area contributed by atoms with Crippen molar-refractivity contribution in [3.63, 3.8) is 0 Å². The summed E-state index contributed by atoms with van der Waals surface area (Å²) in [6.45, 7) is 55.8. The van der Waals surface area contributed by atoms with E-state index in [-0.39, 0.29) is 172 Å². The number of hydrogen-bond donors (Lipinski definition) is 5. The average Bonchev–Trinajstić information content (AvgIpc) is 0.844. The van der Waals surface area contributed by atoms with Crippen molar-refractivity contribution in [3.05, 3.63) is 172 Å². The number of anilines is 2. The molecule has 39 heteroatoms. The van der Waals surface area contributed by atoms with Crippen LogP contribution >= 0.6 is 0 Å². The first-order valence-electron chi connectivity index (χ1n) is 45.3. The van der Waals surface area contributed by atoms with Crippen molar-refractivity contribution >= 4 is 113 Å². The zero-order chi connectivity index (χ0) is 107. The van der Waals surface area contributed by atoms with Crippen molar-refractivity contribution in [2.45, 2.75) is 206 Å². The molecule has 3 rings (SSSR count). The fourth-order valence-electron chi connectivity index (χ4n) is 8.53. The van der Waals surface area contributed by atoms with E-state index in [9.17, 15) is 91.7 Å². The number of nitrogens with one attached hydrogen (secondary N) is 3. The van der Waals surface area contributed by atoms with Gasteiger partial charge in [0.15, 0.2) is 0 Å². The summed E-state index contributed by atoms with van der Waals surface area (Å²) in [4.78, 5) is 190. The van der Waals surface area contributed by atoms with E-state index in [0.717, 1.165) is 60.9 Å². The first kappa shape index (κ1) is 132. The smallest absolute Gasteiger partial charge is 0.411 e. The van der Waals surface area contributed by atoms with E-state index < -0.39 is 95.0 Å². The van der Waals surface area contributed by atoms with Crippen LogP contribution in [0.2, 0.25) is 0 Å². The molecule has 0 saturated heterocycles. The summed E-state index contributed by atoms with van der Waals surface area (Å²) in [5.74, 6) is -5.65. The summed E-state index contributed by atoms with van der Waals surface area (Å²) in [5, 5.41) is 26.2. The number of amides is 3. The van der Waals surface area contributed by atoms with E-state index in [1.807, 2.05) is 83.1 Å². The second-order valence-electron chi connectivity index (χ2n) is 31.6. The Labute approximate surface area is 821 Å². The summed E-state index contributed by atoms with van der Waals surface area (Å²) in [7, 11) is 0. The van der Waals surface area contributed by atoms with Gasteiger partial charge in [-0.15, -0.1) is 0 Å². The van der Waals surface area contributed by atoms with Gasteiger partial charge in [-0.25, -0.2) is 47.9 Å². The molecular formula is C101H147N3O36. The average molecular weight is 1980 g/mol. The van der Waals surface area contributed by atoms with E-state index in [2.05, 4.69) is 116 Å². The predicted octanol–water partition coefficient (Wildman–Crippen LogP) is 14.5. The molecule has 0 bridgehead atoms.